The van der Waals surface area contributed by atoms with Crippen molar-refractivity contribution >= 4 is 11.9 Å². The molecule has 0 radical (unpaired) electrons. The number of methoxy groups -OCH3 is 1. The van der Waals surface area contributed by atoms with Crippen LogP contribution in [0.3, 0.4) is 0 Å². The van der Waals surface area contributed by atoms with E-state index in [0.29, 0.717) is 44.3 Å². The summed E-state index contributed by atoms with van der Waals surface area (Å²) < 4.78 is 11.4. The fourth-order valence-electron chi connectivity index (χ4n) is 3.05. The molecular weight excluding hydrogens is 394 g/mol. The summed E-state index contributed by atoms with van der Waals surface area (Å²) in [6.07, 6.45) is 0. The number of ether oxygens (including phenoxy) is 2. The van der Waals surface area contributed by atoms with Gasteiger partial charge in [-0.25, -0.2) is 4.79 Å². The van der Waals surface area contributed by atoms with Crippen LogP contribution in [0.2, 0.25) is 0 Å². The first-order chi connectivity index (χ1) is 14.9. The predicted octanol–water partition coefficient (Wildman–Crippen LogP) is 3.58. The molecule has 0 heterocycles. The van der Waals surface area contributed by atoms with Crippen molar-refractivity contribution in [2.24, 2.45) is 5.92 Å². The second-order valence-corrected chi connectivity index (χ2v) is 7.46. The molecule has 0 aliphatic heterocycles. The molecule has 0 unspecified atom stereocenters. The van der Waals surface area contributed by atoms with Gasteiger partial charge in [-0.3, -0.25) is 4.79 Å². The van der Waals surface area contributed by atoms with Crippen molar-refractivity contribution in [3.8, 4) is 11.5 Å². The van der Waals surface area contributed by atoms with Gasteiger partial charge in [0.25, 0.3) is 0 Å². The Hall–Kier alpha value is -3.22. The van der Waals surface area contributed by atoms with Crippen molar-refractivity contribution in [3.05, 3.63) is 59.7 Å². The Kier molecular flexibility index (Phi) is 9.68. The molecule has 7 heteroatoms. The Balaban J connectivity index is 2.05. The van der Waals surface area contributed by atoms with E-state index in [-0.39, 0.29) is 17.9 Å². The third-order valence-electron chi connectivity index (χ3n) is 4.65. The highest BCUT2D eigenvalue weighted by atomic mass is 16.5. The lowest BCUT2D eigenvalue weighted by Crippen LogP contribution is -2.42. The topological polar surface area (TPSA) is 79.9 Å². The van der Waals surface area contributed by atoms with E-state index >= 15 is 0 Å². The Labute approximate surface area is 184 Å². The summed E-state index contributed by atoms with van der Waals surface area (Å²) in [5, 5.41) is 5.45. The van der Waals surface area contributed by atoms with E-state index in [0.717, 1.165) is 11.1 Å². The number of nitrogens with zero attached hydrogens (tertiary/aromatic N) is 1. The van der Waals surface area contributed by atoms with Crippen molar-refractivity contribution in [2.45, 2.75) is 33.9 Å². The van der Waals surface area contributed by atoms with Crippen molar-refractivity contribution in [3.63, 3.8) is 0 Å². The highest BCUT2D eigenvalue weighted by Crippen LogP contribution is 2.29. The Morgan fingerprint density at radius 2 is 1.74 bits per heavy atom. The monoisotopic (exact) mass is 427 g/mol. The zero-order valence-electron chi connectivity index (χ0n) is 18.8. The molecule has 0 bridgehead atoms. The van der Waals surface area contributed by atoms with Gasteiger partial charge in [0.1, 0.15) is 6.61 Å². The molecule has 0 spiro atoms. The molecule has 2 aromatic rings. The van der Waals surface area contributed by atoms with Gasteiger partial charge in [-0.05, 0) is 30.2 Å². The van der Waals surface area contributed by atoms with Crippen LogP contribution < -0.4 is 20.1 Å². The van der Waals surface area contributed by atoms with Crippen molar-refractivity contribution in [1.29, 1.82) is 0 Å². The van der Waals surface area contributed by atoms with Gasteiger partial charge in [-0.2, -0.15) is 0 Å². The number of urea groups is 1. The molecule has 0 saturated heterocycles. The van der Waals surface area contributed by atoms with E-state index in [9.17, 15) is 9.59 Å². The van der Waals surface area contributed by atoms with Gasteiger partial charge in [-0.15, -0.1) is 0 Å². The zero-order valence-corrected chi connectivity index (χ0v) is 18.8. The molecule has 2 rings (SSSR count). The number of nitrogens with one attached hydrogen (secondary N) is 2. The molecule has 7 nitrogen and oxygen atoms in total. The summed E-state index contributed by atoms with van der Waals surface area (Å²) in [6, 6.07) is 15.4. The largest absolute Gasteiger partial charge is 0.493 e. The first-order valence-electron chi connectivity index (χ1n) is 10.6. The van der Waals surface area contributed by atoms with Crippen molar-refractivity contribution in [1.82, 2.24) is 15.5 Å². The number of hydrogen-bond acceptors (Lipinski definition) is 4. The molecule has 0 aliphatic rings. The molecule has 0 aromatic heterocycles. The highest BCUT2D eigenvalue weighted by molar-refractivity contribution is 5.78. The average molecular weight is 428 g/mol. The van der Waals surface area contributed by atoms with E-state index in [4.69, 9.17) is 9.47 Å². The van der Waals surface area contributed by atoms with Gasteiger partial charge < -0.3 is 25.0 Å². The summed E-state index contributed by atoms with van der Waals surface area (Å²) in [5.74, 6) is 1.15. The fraction of sp³-hybridized carbons (Fsp3) is 0.417. The minimum Gasteiger partial charge on any atom is -0.493 e. The summed E-state index contributed by atoms with van der Waals surface area (Å²) in [6.45, 7) is 7.81. The van der Waals surface area contributed by atoms with E-state index in [1.54, 1.807) is 12.0 Å². The number of rotatable bonds is 11. The molecule has 0 aliphatic carbocycles. The summed E-state index contributed by atoms with van der Waals surface area (Å²) in [4.78, 5) is 26.0. The van der Waals surface area contributed by atoms with Crippen LogP contribution in [0.4, 0.5) is 4.79 Å². The van der Waals surface area contributed by atoms with Crippen LogP contribution in [0.5, 0.6) is 11.5 Å². The molecule has 3 amide bonds. The minimum atomic E-state index is -0.235. The third-order valence-corrected chi connectivity index (χ3v) is 4.65. The second kappa shape index (κ2) is 12.5. The van der Waals surface area contributed by atoms with Crippen molar-refractivity contribution in [2.75, 3.05) is 26.7 Å². The summed E-state index contributed by atoms with van der Waals surface area (Å²) >= 11 is 0. The number of carbonyl (C=O) groups excluding carboxylic acids is 2. The lowest BCUT2D eigenvalue weighted by Gasteiger charge is -2.25. The SMILES string of the molecule is CCNC(=O)NCCN(Cc1ccc(OCc2ccccc2)c(OC)c1)C(=O)C(C)C. The van der Waals surface area contributed by atoms with Crippen LogP contribution >= 0.6 is 0 Å². The molecule has 2 N–H and O–H groups in total. The van der Waals surface area contributed by atoms with E-state index in [2.05, 4.69) is 10.6 Å². The Morgan fingerprint density at radius 1 is 1.00 bits per heavy atom. The van der Waals surface area contributed by atoms with E-state index < -0.39 is 0 Å². The maximum atomic E-state index is 12.7. The molecule has 0 atom stereocenters. The average Bonchev–Trinajstić information content (AvgIpc) is 2.77. The van der Waals surface area contributed by atoms with Crippen LogP contribution in [-0.4, -0.2) is 43.6 Å². The van der Waals surface area contributed by atoms with Crippen LogP contribution in [0, 0.1) is 5.92 Å². The predicted molar refractivity (Wildman–Crippen MR) is 121 cm³/mol. The van der Waals surface area contributed by atoms with Gasteiger partial charge >= 0.3 is 6.03 Å². The Morgan fingerprint density at radius 3 is 2.39 bits per heavy atom. The quantitative estimate of drug-likeness (QED) is 0.575. The standard InChI is InChI=1S/C24H33N3O4/c1-5-25-24(29)26-13-14-27(23(28)18(2)3)16-20-11-12-21(22(15-20)30-4)31-17-19-9-7-6-8-10-19/h6-12,15,18H,5,13-14,16-17H2,1-4H3,(H2,25,26,29). The van der Waals surface area contributed by atoms with Gasteiger partial charge in [0.15, 0.2) is 11.5 Å². The zero-order chi connectivity index (χ0) is 22.6. The second-order valence-electron chi connectivity index (χ2n) is 7.46. The lowest BCUT2D eigenvalue weighted by atomic mass is 10.1. The van der Waals surface area contributed by atoms with E-state index in [1.165, 1.54) is 0 Å². The molecule has 0 saturated carbocycles. The van der Waals surface area contributed by atoms with Gasteiger partial charge in [-0.1, -0.05) is 50.2 Å². The van der Waals surface area contributed by atoms with Gasteiger partial charge in [0, 0.05) is 32.1 Å². The number of amides is 3. The fourth-order valence-corrected chi connectivity index (χ4v) is 3.05. The normalized spacial score (nSPS) is 10.5. The number of carbonyl (C=O) groups is 2. The van der Waals surface area contributed by atoms with Crippen LogP contribution in [-0.2, 0) is 17.9 Å². The van der Waals surface area contributed by atoms with Crippen molar-refractivity contribution < 1.29 is 19.1 Å². The molecule has 2 aromatic carbocycles. The summed E-state index contributed by atoms with van der Waals surface area (Å²) in [5.41, 5.74) is 2.00. The first kappa shape index (κ1) is 24.1. The number of benzene rings is 2. The third kappa shape index (κ3) is 7.85. The molecule has 168 valence electrons. The van der Waals surface area contributed by atoms with Crippen LogP contribution in [0.25, 0.3) is 0 Å². The summed E-state index contributed by atoms with van der Waals surface area (Å²) in [7, 11) is 1.60. The molecule has 31 heavy (non-hydrogen) atoms. The smallest absolute Gasteiger partial charge is 0.314 e. The van der Waals surface area contributed by atoms with Gasteiger partial charge in [0.05, 0.1) is 7.11 Å². The maximum absolute atomic E-state index is 12.7. The minimum absolute atomic E-state index is 0.0288. The molecule has 0 fully saturated rings. The maximum Gasteiger partial charge on any atom is 0.314 e. The highest BCUT2D eigenvalue weighted by Gasteiger charge is 2.18. The van der Waals surface area contributed by atoms with Crippen LogP contribution in [0.1, 0.15) is 31.9 Å². The molecular formula is C24H33N3O4. The van der Waals surface area contributed by atoms with Crippen LogP contribution in [0.15, 0.2) is 48.5 Å². The van der Waals surface area contributed by atoms with E-state index in [1.807, 2.05) is 69.3 Å². The number of hydrogen-bond donors (Lipinski definition) is 2. The van der Waals surface area contributed by atoms with Gasteiger partial charge in [0.2, 0.25) is 5.91 Å². The lowest BCUT2D eigenvalue weighted by molar-refractivity contribution is -0.135. The first-order valence-corrected chi connectivity index (χ1v) is 10.6. The Bertz CT molecular complexity index is 840.